The topological polar surface area (TPSA) is 130 Å². The van der Waals surface area contributed by atoms with E-state index >= 15 is 0 Å². The third-order valence-corrected chi connectivity index (χ3v) is 6.17. The predicted molar refractivity (Wildman–Crippen MR) is 157 cm³/mol. The van der Waals surface area contributed by atoms with Gasteiger partial charge in [-0.05, 0) is 73.9 Å². The Morgan fingerprint density at radius 3 is 0.837 bits per heavy atom. The number of ketones is 3. The molecule has 9 heteroatoms. The number of carbonyl (C=O) groups is 6. The third kappa shape index (κ3) is 11.1. The summed E-state index contributed by atoms with van der Waals surface area (Å²) < 4.78 is 16.0. The van der Waals surface area contributed by atoms with Crippen molar-refractivity contribution in [2.75, 3.05) is 0 Å². The summed E-state index contributed by atoms with van der Waals surface area (Å²) in [6.45, 7) is 4.24. The maximum Gasteiger partial charge on any atom is 0.311 e. The molecule has 0 fully saturated rings. The molecule has 3 aromatic rings. The summed E-state index contributed by atoms with van der Waals surface area (Å²) in [5, 5.41) is 0. The van der Waals surface area contributed by atoms with Gasteiger partial charge in [0.15, 0.2) is 0 Å². The van der Waals surface area contributed by atoms with Gasteiger partial charge in [-0.1, -0.05) is 36.4 Å². The van der Waals surface area contributed by atoms with Crippen LogP contribution in [0.2, 0.25) is 0 Å². The minimum atomic E-state index is -0.506. The van der Waals surface area contributed by atoms with Crippen LogP contribution in [0.25, 0.3) is 0 Å². The van der Waals surface area contributed by atoms with Crippen LogP contribution < -0.4 is 14.2 Å². The van der Waals surface area contributed by atoms with E-state index in [1.54, 1.807) is 72.8 Å². The van der Waals surface area contributed by atoms with E-state index in [2.05, 4.69) is 0 Å². The molecule has 1 radical (unpaired) electrons. The highest BCUT2D eigenvalue weighted by atomic mass is 16.5. The van der Waals surface area contributed by atoms with Gasteiger partial charge in [-0.15, -0.1) is 0 Å². The van der Waals surface area contributed by atoms with E-state index in [1.807, 2.05) is 0 Å². The first-order valence-corrected chi connectivity index (χ1v) is 13.8. The van der Waals surface area contributed by atoms with Crippen LogP contribution in [0.4, 0.5) is 0 Å². The van der Waals surface area contributed by atoms with Gasteiger partial charge in [-0.3, -0.25) is 14.4 Å². The summed E-state index contributed by atoms with van der Waals surface area (Å²) in [6, 6.07) is 20.6. The second kappa shape index (κ2) is 15.9. The van der Waals surface area contributed by atoms with Gasteiger partial charge >= 0.3 is 17.9 Å². The third-order valence-electron chi connectivity index (χ3n) is 6.17. The Bertz CT molecular complexity index is 1270. The van der Waals surface area contributed by atoms with Gasteiger partial charge in [-0.2, -0.15) is 0 Å². The highest BCUT2D eigenvalue weighted by molar-refractivity contribution is 5.83. The van der Waals surface area contributed by atoms with E-state index < -0.39 is 17.9 Å². The monoisotopic (exact) mass is 585 g/mol. The molecule has 0 saturated heterocycles. The lowest BCUT2D eigenvalue weighted by molar-refractivity contribution is -0.136. The molecule has 223 valence electrons. The van der Waals surface area contributed by atoms with Gasteiger partial charge in [0.25, 0.3) is 0 Å². The maximum atomic E-state index is 12.1. The number of Topliss-reactive ketones (excluding diaryl/α,β-unsaturated/α-hetero) is 3. The van der Waals surface area contributed by atoms with Crippen molar-refractivity contribution in [1.29, 1.82) is 0 Å². The molecule has 0 atom stereocenters. The molecule has 0 bridgehead atoms. The molecular weight excluding hydrogens is 552 g/mol. The first-order valence-electron chi connectivity index (χ1n) is 13.8. The zero-order chi connectivity index (χ0) is 31.4. The van der Waals surface area contributed by atoms with E-state index in [4.69, 9.17) is 14.2 Å². The van der Waals surface area contributed by atoms with Gasteiger partial charge in [0.05, 0.1) is 25.2 Å². The van der Waals surface area contributed by atoms with Crippen molar-refractivity contribution in [1.82, 2.24) is 0 Å². The molecule has 0 aromatic heterocycles. The quantitative estimate of drug-likeness (QED) is 0.128. The molecule has 0 aliphatic carbocycles. The molecule has 0 heterocycles. The van der Waals surface area contributed by atoms with Crippen LogP contribution in [0.1, 0.15) is 76.0 Å². The number of benzene rings is 3. The van der Waals surface area contributed by atoms with Crippen molar-refractivity contribution in [2.45, 2.75) is 59.3 Å². The van der Waals surface area contributed by atoms with Crippen LogP contribution in [0.5, 0.6) is 17.2 Å². The molecule has 0 saturated carbocycles. The fraction of sp³-hybridized carbons (Fsp3) is 0.265. The Labute approximate surface area is 250 Å². The normalized spacial score (nSPS) is 10.6. The highest BCUT2D eigenvalue weighted by Gasteiger charge is 2.20. The lowest BCUT2D eigenvalue weighted by Gasteiger charge is -2.19. The summed E-state index contributed by atoms with van der Waals surface area (Å²) in [4.78, 5) is 69.7. The SMILES string of the molecule is CC(=O)CCC(=O)Oc1ccc([C](c2ccc(OC(=O)CCC(C)=O)cc2)c2ccc(OC(=O)CCC(C)=O)cc2)cc1. The smallest absolute Gasteiger partial charge is 0.311 e. The van der Waals surface area contributed by atoms with Gasteiger partial charge < -0.3 is 28.6 Å². The van der Waals surface area contributed by atoms with Gasteiger partial charge in [-0.25, -0.2) is 0 Å². The van der Waals surface area contributed by atoms with E-state index in [0.29, 0.717) is 17.2 Å². The Balaban J connectivity index is 1.84. The average molecular weight is 586 g/mol. The summed E-state index contributed by atoms with van der Waals surface area (Å²) >= 11 is 0. The molecule has 0 amide bonds. The number of hydrogen-bond donors (Lipinski definition) is 0. The predicted octanol–water partition coefficient (Wildman–Crippen LogP) is 5.53. The fourth-order valence-electron chi connectivity index (χ4n) is 3.95. The molecular formula is C34H33O9. The van der Waals surface area contributed by atoms with Gasteiger partial charge in [0, 0.05) is 19.3 Å². The van der Waals surface area contributed by atoms with Crippen molar-refractivity contribution < 1.29 is 43.0 Å². The molecule has 0 unspecified atom stereocenters. The Kier molecular flexibility index (Phi) is 12.1. The number of esters is 3. The van der Waals surface area contributed by atoms with Gasteiger partial charge in [0.2, 0.25) is 0 Å². The minimum Gasteiger partial charge on any atom is -0.427 e. The van der Waals surface area contributed by atoms with Crippen LogP contribution in [-0.4, -0.2) is 35.3 Å². The number of rotatable bonds is 15. The molecule has 9 nitrogen and oxygen atoms in total. The fourth-order valence-corrected chi connectivity index (χ4v) is 3.95. The summed E-state index contributed by atoms with van der Waals surface area (Å²) in [7, 11) is 0. The average Bonchev–Trinajstić information content (AvgIpc) is 2.97. The van der Waals surface area contributed by atoms with Crippen molar-refractivity contribution in [3.8, 4) is 17.2 Å². The molecule has 0 spiro atoms. The number of hydrogen-bond acceptors (Lipinski definition) is 9. The Hall–Kier alpha value is -4.92. The number of carbonyl (C=O) groups excluding carboxylic acids is 6. The second-order valence-corrected chi connectivity index (χ2v) is 9.98. The van der Waals surface area contributed by atoms with Crippen molar-refractivity contribution in [3.05, 3.63) is 95.4 Å². The second-order valence-electron chi connectivity index (χ2n) is 9.98. The summed E-state index contributed by atoms with van der Waals surface area (Å²) in [5.41, 5.74) is 2.34. The minimum absolute atomic E-state index is 0.00813. The van der Waals surface area contributed by atoms with E-state index in [9.17, 15) is 28.8 Å². The summed E-state index contributed by atoms with van der Waals surface area (Å²) in [5.74, 6) is -0.0250. The van der Waals surface area contributed by atoms with Crippen LogP contribution >= 0.6 is 0 Å². The zero-order valence-corrected chi connectivity index (χ0v) is 24.3. The molecule has 43 heavy (non-hydrogen) atoms. The van der Waals surface area contributed by atoms with Crippen LogP contribution in [-0.2, 0) is 28.8 Å². The van der Waals surface area contributed by atoms with E-state index in [1.165, 1.54) is 20.8 Å². The van der Waals surface area contributed by atoms with Crippen LogP contribution in [0.3, 0.4) is 0 Å². The molecule has 0 aliphatic rings. The maximum absolute atomic E-state index is 12.1. The van der Waals surface area contributed by atoms with Crippen molar-refractivity contribution >= 4 is 35.3 Å². The number of ether oxygens (including phenoxy) is 3. The zero-order valence-electron chi connectivity index (χ0n) is 24.3. The van der Waals surface area contributed by atoms with Crippen LogP contribution in [0.15, 0.2) is 72.8 Å². The first kappa shape index (κ1) is 32.6. The molecule has 0 aliphatic heterocycles. The Morgan fingerprint density at radius 2 is 0.628 bits per heavy atom. The van der Waals surface area contributed by atoms with Crippen molar-refractivity contribution in [3.63, 3.8) is 0 Å². The van der Waals surface area contributed by atoms with Crippen molar-refractivity contribution in [2.24, 2.45) is 0 Å². The highest BCUT2D eigenvalue weighted by Crippen LogP contribution is 2.34. The van der Waals surface area contributed by atoms with Gasteiger partial charge in [0.1, 0.15) is 34.6 Å². The van der Waals surface area contributed by atoms with E-state index in [-0.39, 0.29) is 55.9 Å². The standard InChI is InChI=1S/C34H33O9/c1-22(35)4-19-31(38)41-28-13-7-25(8-14-28)34(26-9-15-29(16-10-26)42-32(39)20-5-23(2)36)27-11-17-30(18-12-27)43-33(40)21-6-24(3)37/h7-18H,4-6,19-21H2,1-3H3. The molecule has 0 N–H and O–H groups in total. The largest absolute Gasteiger partial charge is 0.427 e. The first-order chi connectivity index (χ1) is 20.5. The lowest BCUT2D eigenvalue weighted by Crippen LogP contribution is -2.11. The van der Waals surface area contributed by atoms with E-state index in [0.717, 1.165) is 22.6 Å². The molecule has 3 rings (SSSR count). The summed E-state index contributed by atoms with van der Waals surface area (Å²) in [6.07, 6.45) is 0.306. The Morgan fingerprint density at radius 1 is 0.395 bits per heavy atom. The lowest BCUT2D eigenvalue weighted by atomic mass is 9.85. The van der Waals surface area contributed by atoms with Crippen LogP contribution in [0, 0.1) is 5.92 Å². The molecule has 3 aromatic carbocycles.